The fraction of sp³-hybridized carbons (Fsp3) is 0.818. The van der Waals surface area contributed by atoms with Gasteiger partial charge in [0, 0.05) is 0 Å². The highest BCUT2D eigenvalue weighted by Gasteiger charge is 2.26. The van der Waals surface area contributed by atoms with Crippen LogP contribution in [0, 0.1) is 0 Å². The second-order valence-electron chi connectivity index (χ2n) is 3.75. The molecule has 0 heterocycles. The van der Waals surface area contributed by atoms with Crippen molar-refractivity contribution in [2.24, 2.45) is 0 Å². The van der Waals surface area contributed by atoms with Gasteiger partial charge in [0.1, 0.15) is 10.5 Å². The van der Waals surface area contributed by atoms with E-state index in [2.05, 4.69) is 0 Å². The summed E-state index contributed by atoms with van der Waals surface area (Å²) in [6.07, 6.45) is 0.929. The van der Waals surface area contributed by atoms with Crippen molar-refractivity contribution in [3.8, 4) is 0 Å². The number of ether oxygens (including phenoxy) is 1. The van der Waals surface area contributed by atoms with Gasteiger partial charge in [-0.1, -0.05) is 13.8 Å². The molecular formula is C11H20O4S. The van der Waals surface area contributed by atoms with Crippen molar-refractivity contribution in [1.82, 2.24) is 0 Å². The highest BCUT2D eigenvalue weighted by Crippen LogP contribution is 2.24. The summed E-state index contributed by atoms with van der Waals surface area (Å²) in [5.41, 5.74) is 0. The Kier molecular flexibility index (Phi) is 7.21. The van der Waals surface area contributed by atoms with Gasteiger partial charge in [0.25, 0.3) is 0 Å². The van der Waals surface area contributed by atoms with Gasteiger partial charge in [-0.05, 0) is 26.7 Å². The first-order chi connectivity index (χ1) is 7.42. The van der Waals surface area contributed by atoms with E-state index in [1.807, 2.05) is 6.92 Å². The number of esters is 1. The van der Waals surface area contributed by atoms with Crippen molar-refractivity contribution < 1.29 is 19.4 Å². The highest BCUT2D eigenvalue weighted by molar-refractivity contribution is 8.01. The molecule has 0 amide bonds. The Morgan fingerprint density at radius 2 is 1.69 bits per heavy atom. The summed E-state index contributed by atoms with van der Waals surface area (Å²) >= 11 is 1.17. The lowest BCUT2D eigenvalue weighted by Gasteiger charge is -2.18. The van der Waals surface area contributed by atoms with Crippen molar-refractivity contribution in [2.75, 3.05) is 0 Å². The van der Waals surface area contributed by atoms with Gasteiger partial charge >= 0.3 is 11.9 Å². The van der Waals surface area contributed by atoms with E-state index in [-0.39, 0.29) is 17.3 Å². The number of carboxylic acid groups (broad SMARTS) is 1. The Morgan fingerprint density at radius 1 is 1.19 bits per heavy atom. The summed E-state index contributed by atoms with van der Waals surface area (Å²) in [7, 11) is 0. The molecule has 2 unspecified atom stereocenters. The van der Waals surface area contributed by atoms with E-state index in [1.165, 1.54) is 11.8 Å². The molecule has 5 heteroatoms. The van der Waals surface area contributed by atoms with Crippen LogP contribution in [-0.2, 0) is 14.3 Å². The van der Waals surface area contributed by atoms with Crippen LogP contribution in [0.3, 0.4) is 0 Å². The van der Waals surface area contributed by atoms with Crippen LogP contribution in [0.25, 0.3) is 0 Å². The predicted molar refractivity (Wildman–Crippen MR) is 64.6 cm³/mol. The van der Waals surface area contributed by atoms with Crippen LogP contribution in [0.5, 0.6) is 0 Å². The molecule has 2 atom stereocenters. The highest BCUT2D eigenvalue weighted by atomic mass is 32.2. The third-order valence-electron chi connectivity index (χ3n) is 1.96. The van der Waals surface area contributed by atoms with Crippen LogP contribution < -0.4 is 0 Å². The summed E-state index contributed by atoms with van der Waals surface area (Å²) in [6, 6.07) is 0. The first-order valence-electron chi connectivity index (χ1n) is 5.51. The third kappa shape index (κ3) is 5.39. The quantitative estimate of drug-likeness (QED) is 0.700. The summed E-state index contributed by atoms with van der Waals surface area (Å²) in [5, 5.41) is 7.99. The smallest absolute Gasteiger partial charge is 0.319 e. The Labute approximate surface area is 101 Å². The maximum Gasteiger partial charge on any atom is 0.319 e. The number of hydrogen-bond donors (Lipinski definition) is 1. The topological polar surface area (TPSA) is 63.6 Å². The molecule has 1 N–H and O–H groups in total. The fourth-order valence-electron chi connectivity index (χ4n) is 1.15. The molecule has 0 bridgehead atoms. The van der Waals surface area contributed by atoms with Crippen LogP contribution in [0.2, 0.25) is 0 Å². The maximum atomic E-state index is 11.6. The van der Waals surface area contributed by atoms with E-state index < -0.39 is 11.2 Å². The second kappa shape index (κ2) is 7.54. The SMILES string of the molecule is CCC(SC(CC)C(=O)OC(C)C)C(=O)O. The Balaban J connectivity index is 4.38. The lowest BCUT2D eigenvalue weighted by Crippen LogP contribution is -2.27. The minimum absolute atomic E-state index is 0.160. The molecule has 0 aliphatic heterocycles. The Morgan fingerprint density at radius 3 is 2.00 bits per heavy atom. The molecule has 0 radical (unpaired) electrons. The molecular weight excluding hydrogens is 228 g/mol. The average molecular weight is 248 g/mol. The molecule has 0 saturated heterocycles. The van der Waals surface area contributed by atoms with E-state index >= 15 is 0 Å². The summed E-state index contributed by atoms with van der Waals surface area (Å²) in [4.78, 5) is 22.5. The first-order valence-corrected chi connectivity index (χ1v) is 6.45. The molecule has 0 aliphatic carbocycles. The zero-order valence-corrected chi connectivity index (χ0v) is 11.0. The first kappa shape index (κ1) is 15.3. The van der Waals surface area contributed by atoms with Gasteiger partial charge < -0.3 is 9.84 Å². The summed E-state index contributed by atoms with van der Waals surface area (Å²) < 4.78 is 5.08. The summed E-state index contributed by atoms with van der Waals surface area (Å²) in [6.45, 7) is 7.22. The molecule has 0 spiro atoms. The van der Waals surface area contributed by atoms with E-state index in [1.54, 1.807) is 20.8 Å². The van der Waals surface area contributed by atoms with Crippen LogP contribution in [-0.4, -0.2) is 33.6 Å². The molecule has 0 aromatic heterocycles. The van der Waals surface area contributed by atoms with E-state index in [4.69, 9.17) is 9.84 Å². The van der Waals surface area contributed by atoms with Crippen molar-refractivity contribution in [2.45, 2.75) is 57.1 Å². The monoisotopic (exact) mass is 248 g/mol. The van der Waals surface area contributed by atoms with Gasteiger partial charge in [0.2, 0.25) is 0 Å². The largest absolute Gasteiger partial charge is 0.480 e. The van der Waals surface area contributed by atoms with Crippen molar-refractivity contribution in [1.29, 1.82) is 0 Å². The number of rotatable bonds is 7. The summed E-state index contributed by atoms with van der Waals surface area (Å²) in [5.74, 6) is -1.19. The molecule has 0 aliphatic rings. The van der Waals surface area contributed by atoms with Gasteiger partial charge in [-0.15, -0.1) is 11.8 Å². The average Bonchev–Trinajstić information content (AvgIpc) is 2.17. The molecule has 0 aromatic rings. The van der Waals surface area contributed by atoms with Crippen LogP contribution in [0.1, 0.15) is 40.5 Å². The van der Waals surface area contributed by atoms with Gasteiger partial charge in [0.05, 0.1) is 6.10 Å². The predicted octanol–water partition coefficient (Wildman–Crippen LogP) is 2.31. The van der Waals surface area contributed by atoms with Crippen LogP contribution in [0.4, 0.5) is 0 Å². The van der Waals surface area contributed by atoms with Crippen molar-refractivity contribution in [3.05, 3.63) is 0 Å². The Hall–Kier alpha value is -0.710. The minimum Gasteiger partial charge on any atom is -0.480 e. The number of thioether (sulfide) groups is 1. The van der Waals surface area contributed by atoms with Gasteiger partial charge in [0.15, 0.2) is 0 Å². The number of carboxylic acids is 1. The zero-order chi connectivity index (χ0) is 12.7. The molecule has 0 rings (SSSR count). The lowest BCUT2D eigenvalue weighted by molar-refractivity contribution is -0.146. The lowest BCUT2D eigenvalue weighted by atomic mass is 10.3. The van der Waals surface area contributed by atoms with Crippen molar-refractivity contribution in [3.63, 3.8) is 0 Å². The third-order valence-corrected chi connectivity index (χ3v) is 3.68. The number of carbonyl (C=O) groups excluding carboxylic acids is 1. The van der Waals surface area contributed by atoms with Crippen LogP contribution in [0.15, 0.2) is 0 Å². The molecule has 0 aromatic carbocycles. The maximum absolute atomic E-state index is 11.6. The standard InChI is InChI=1S/C11H20O4S/c1-5-8(10(12)13)16-9(6-2)11(14)15-7(3)4/h7-9H,5-6H2,1-4H3,(H,12,13). The zero-order valence-electron chi connectivity index (χ0n) is 10.2. The van der Waals surface area contributed by atoms with Gasteiger partial charge in [-0.25, -0.2) is 0 Å². The number of carbonyl (C=O) groups is 2. The number of hydrogen-bond acceptors (Lipinski definition) is 4. The second-order valence-corrected chi connectivity index (χ2v) is 5.16. The van der Waals surface area contributed by atoms with Gasteiger partial charge in [-0.3, -0.25) is 9.59 Å². The van der Waals surface area contributed by atoms with Crippen molar-refractivity contribution >= 4 is 23.7 Å². The molecule has 94 valence electrons. The van der Waals surface area contributed by atoms with E-state index in [9.17, 15) is 9.59 Å². The normalized spacial score (nSPS) is 14.6. The van der Waals surface area contributed by atoms with Crippen LogP contribution >= 0.6 is 11.8 Å². The molecule has 0 fully saturated rings. The fourth-order valence-corrected chi connectivity index (χ4v) is 2.22. The minimum atomic E-state index is -0.872. The Bertz CT molecular complexity index is 240. The number of aliphatic carboxylic acids is 1. The van der Waals surface area contributed by atoms with Gasteiger partial charge in [-0.2, -0.15) is 0 Å². The molecule has 0 saturated carbocycles. The van der Waals surface area contributed by atoms with E-state index in [0.29, 0.717) is 12.8 Å². The van der Waals surface area contributed by atoms with E-state index in [0.717, 1.165) is 0 Å². The molecule has 16 heavy (non-hydrogen) atoms. The molecule has 4 nitrogen and oxygen atoms in total.